The van der Waals surface area contributed by atoms with Crippen LogP contribution in [0.15, 0.2) is 40.5 Å². The van der Waals surface area contributed by atoms with Crippen LogP contribution in [-0.4, -0.2) is 32.4 Å². The quantitative estimate of drug-likeness (QED) is 0.561. The Labute approximate surface area is 150 Å². The third kappa shape index (κ3) is 5.98. The molecule has 1 amide bonds. The molecule has 0 bridgehead atoms. The number of hydrogen-bond acceptors (Lipinski definition) is 5. The third-order valence-corrected chi connectivity index (χ3v) is 4.02. The molecule has 0 aliphatic rings. The molecule has 24 heavy (non-hydrogen) atoms. The lowest BCUT2D eigenvalue weighted by Gasteiger charge is -2.23. The van der Waals surface area contributed by atoms with Crippen LogP contribution in [0.25, 0.3) is 0 Å². The predicted octanol–water partition coefficient (Wildman–Crippen LogP) is 3.36. The van der Waals surface area contributed by atoms with E-state index < -0.39 is 18.2 Å². The normalized spacial score (nSPS) is 13.1. The molecule has 0 spiro atoms. The molecule has 0 aliphatic carbocycles. The number of carbonyl (C=O) groups is 2. The topological polar surface area (TPSA) is 73.9 Å². The van der Waals surface area contributed by atoms with Crippen LogP contribution in [-0.2, 0) is 25.6 Å². The van der Waals surface area contributed by atoms with Gasteiger partial charge < -0.3 is 14.2 Å². The van der Waals surface area contributed by atoms with Crippen molar-refractivity contribution in [2.24, 2.45) is 5.92 Å². The smallest absolute Gasteiger partial charge is 0.411 e. The summed E-state index contributed by atoms with van der Waals surface area (Å²) in [5, 5.41) is 2.37. The average molecular weight is 400 g/mol. The molecule has 132 valence electrons. The molecule has 1 atom stereocenters. The Kier molecular flexibility index (Phi) is 8.49. The van der Waals surface area contributed by atoms with E-state index in [1.807, 2.05) is 44.2 Å². The van der Waals surface area contributed by atoms with Crippen LogP contribution >= 0.6 is 15.9 Å². The standard InChI is InChI=1S/C17H22BrNO5/c1-11(2)15(24-10-12-8-6-5-7-9-12)13(18)14(16(20)22-3)19-17(21)23-4/h5-9,11,15H,10H2,1-4H3,(H,19,21)/b14-13+/t15-/m1/s1. The van der Waals surface area contributed by atoms with E-state index in [-0.39, 0.29) is 11.6 Å². The zero-order chi connectivity index (χ0) is 18.1. The van der Waals surface area contributed by atoms with E-state index in [0.29, 0.717) is 11.1 Å². The molecule has 0 heterocycles. The van der Waals surface area contributed by atoms with Gasteiger partial charge in [-0.25, -0.2) is 9.59 Å². The summed E-state index contributed by atoms with van der Waals surface area (Å²) in [5.74, 6) is -0.650. The highest BCUT2D eigenvalue weighted by molar-refractivity contribution is 9.11. The number of methoxy groups -OCH3 is 2. The Morgan fingerprint density at radius 3 is 2.25 bits per heavy atom. The number of benzene rings is 1. The maximum atomic E-state index is 12.0. The van der Waals surface area contributed by atoms with Crippen molar-refractivity contribution in [1.29, 1.82) is 0 Å². The number of halogens is 1. The summed E-state index contributed by atoms with van der Waals surface area (Å²) in [7, 11) is 2.45. The van der Waals surface area contributed by atoms with Crippen molar-refractivity contribution in [2.45, 2.75) is 26.6 Å². The molecule has 0 unspecified atom stereocenters. The molecule has 0 fully saturated rings. The van der Waals surface area contributed by atoms with E-state index in [4.69, 9.17) is 9.47 Å². The largest absolute Gasteiger partial charge is 0.464 e. The number of nitrogens with one attached hydrogen (secondary N) is 1. The number of rotatable bonds is 7. The van der Waals surface area contributed by atoms with Gasteiger partial charge in [-0.3, -0.25) is 5.32 Å². The van der Waals surface area contributed by atoms with Crippen molar-refractivity contribution < 1.29 is 23.8 Å². The van der Waals surface area contributed by atoms with Gasteiger partial charge in [0.15, 0.2) is 0 Å². The van der Waals surface area contributed by atoms with Crippen LogP contribution in [0.1, 0.15) is 19.4 Å². The van der Waals surface area contributed by atoms with Gasteiger partial charge in [0.2, 0.25) is 0 Å². The highest BCUT2D eigenvalue weighted by Gasteiger charge is 2.26. The Morgan fingerprint density at radius 1 is 1.12 bits per heavy atom. The van der Waals surface area contributed by atoms with Crippen LogP contribution in [0.4, 0.5) is 4.79 Å². The van der Waals surface area contributed by atoms with Gasteiger partial charge >= 0.3 is 12.1 Å². The first-order valence-electron chi connectivity index (χ1n) is 7.39. The summed E-state index contributed by atoms with van der Waals surface area (Å²) in [6.07, 6.45) is -1.21. The summed E-state index contributed by atoms with van der Waals surface area (Å²) in [5.41, 5.74) is 0.958. The van der Waals surface area contributed by atoms with Crippen molar-refractivity contribution in [3.8, 4) is 0 Å². The van der Waals surface area contributed by atoms with Gasteiger partial charge in [-0.1, -0.05) is 60.1 Å². The number of hydrogen-bond donors (Lipinski definition) is 1. The Bertz CT molecular complexity index is 586. The molecule has 6 nitrogen and oxygen atoms in total. The number of ether oxygens (including phenoxy) is 3. The highest BCUT2D eigenvalue weighted by Crippen LogP contribution is 2.26. The van der Waals surface area contributed by atoms with Gasteiger partial charge in [-0.05, 0) is 11.5 Å². The number of alkyl carbamates (subject to hydrolysis) is 1. The lowest BCUT2D eigenvalue weighted by Crippen LogP contribution is -2.32. The lowest BCUT2D eigenvalue weighted by molar-refractivity contribution is -0.136. The second-order valence-electron chi connectivity index (χ2n) is 5.29. The van der Waals surface area contributed by atoms with Crippen LogP contribution in [0.2, 0.25) is 0 Å². The van der Waals surface area contributed by atoms with E-state index in [0.717, 1.165) is 5.56 Å². The summed E-state index contributed by atoms with van der Waals surface area (Å²) in [6, 6.07) is 9.67. The Morgan fingerprint density at radius 2 is 1.75 bits per heavy atom. The molecule has 1 rings (SSSR count). The molecule has 1 N–H and O–H groups in total. The van der Waals surface area contributed by atoms with E-state index in [9.17, 15) is 9.59 Å². The van der Waals surface area contributed by atoms with E-state index >= 15 is 0 Å². The molecule has 0 aromatic heterocycles. The van der Waals surface area contributed by atoms with E-state index in [1.165, 1.54) is 14.2 Å². The van der Waals surface area contributed by atoms with Gasteiger partial charge in [0, 0.05) is 0 Å². The monoisotopic (exact) mass is 399 g/mol. The average Bonchev–Trinajstić information content (AvgIpc) is 2.59. The second kappa shape index (κ2) is 10.1. The molecule has 0 aliphatic heterocycles. The SMILES string of the molecule is COC(=O)N/C(C(=O)OC)=C(/Br)[C@H](OCc1ccccc1)C(C)C. The minimum Gasteiger partial charge on any atom is -0.464 e. The van der Waals surface area contributed by atoms with E-state index in [2.05, 4.69) is 26.0 Å². The number of amides is 1. The summed E-state index contributed by atoms with van der Waals surface area (Å²) >= 11 is 3.37. The predicted molar refractivity (Wildman–Crippen MR) is 93.4 cm³/mol. The first-order valence-corrected chi connectivity index (χ1v) is 8.18. The Hall–Kier alpha value is -1.86. The fraction of sp³-hybridized carbons (Fsp3) is 0.412. The first kappa shape index (κ1) is 20.2. The molecular formula is C17H22BrNO5. The zero-order valence-electron chi connectivity index (χ0n) is 14.2. The summed E-state index contributed by atoms with van der Waals surface area (Å²) in [6.45, 7) is 4.26. The maximum absolute atomic E-state index is 12.0. The highest BCUT2D eigenvalue weighted by atomic mass is 79.9. The van der Waals surface area contributed by atoms with Gasteiger partial charge in [0.05, 0.1) is 31.4 Å². The first-order chi connectivity index (χ1) is 11.4. The van der Waals surface area contributed by atoms with Crippen LogP contribution in [0.5, 0.6) is 0 Å². The van der Waals surface area contributed by atoms with Gasteiger partial charge in [0.25, 0.3) is 0 Å². The maximum Gasteiger partial charge on any atom is 0.411 e. The van der Waals surface area contributed by atoms with E-state index in [1.54, 1.807) is 0 Å². The molecule has 1 aromatic rings. The summed E-state index contributed by atoms with van der Waals surface area (Å²) in [4.78, 5) is 23.5. The fourth-order valence-electron chi connectivity index (χ4n) is 1.92. The molecule has 0 saturated carbocycles. The molecule has 0 saturated heterocycles. The molecule has 7 heteroatoms. The molecule has 1 aromatic carbocycles. The van der Waals surface area contributed by atoms with Crippen LogP contribution in [0, 0.1) is 5.92 Å². The summed E-state index contributed by atoms with van der Waals surface area (Å²) < 4.78 is 15.6. The van der Waals surface area contributed by atoms with Crippen molar-refractivity contribution in [1.82, 2.24) is 5.32 Å². The molecular weight excluding hydrogens is 378 g/mol. The minimum absolute atomic E-state index is 0.0437. The van der Waals surface area contributed by atoms with Gasteiger partial charge in [-0.2, -0.15) is 0 Å². The second-order valence-corrected chi connectivity index (χ2v) is 6.15. The Balaban J connectivity index is 3.03. The van der Waals surface area contributed by atoms with Crippen molar-refractivity contribution >= 4 is 28.0 Å². The fourth-order valence-corrected chi connectivity index (χ4v) is 2.85. The lowest BCUT2D eigenvalue weighted by atomic mass is 10.1. The third-order valence-electron chi connectivity index (χ3n) is 3.17. The number of carbonyl (C=O) groups excluding carboxylic acids is 2. The number of esters is 1. The zero-order valence-corrected chi connectivity index (χ0v) is 15.8. The van der Waals surface area contributed by atoms with Gasteiger partial charge in [-0.15, -0.1) is 0 Å². The van der Waals surface area contributed by atoms with Crippen LogP contribution < -0.4 is 5.32 Å². The van der Waals surface area contributed by atoms with Crippen molar-refractivity contribution in [3.05, 3.63) is 46.1 Å². The molecule has 0 radical (unpaired) electrons. The van der Waals surface area contributed by atoms with Gasteiger partial charge in [0.1, 0.15) is 5.70 Å². The van der Waals surface area contributed by atoms with Crippen molar-refractivity contribution in [3.63, 3.8) is 0 Å². The minimum atomic E-state index is -0.766. The van der Waals surface area contributed by atoms with Crippen molar-refractivity contribution in [2.75, 3.05) is 14.2 Å². The van der Waals surface area contributed by atoms with Crippen LogP contribution in [0.3, 0.4) is 0 Å².